The molecule has 0 radical (unpaired) electrons. The van der Waals surface area contributed by atoms with E-state index in [-0.39, 0.29) is 9.90 Å². The molecule has 1 aliphatic heterocycles. The number of sulfonamides is 1. The molecule has 2 heterocycles. The lowest BCUT2D eigenvalue weighted by Gasteiger charge is -2.23. The summed E-state index contributed by atoms with van der Waals surface area (Å²) < 4.78 is 51.5. The lowest BCUT2D eigenvalue weighted by atomic mass is 10.2. The third-order valence-corrected chi connectivity index (χ3v) is 7.41. The molecule has 0 unspecified atom stereocenters. The molecule has 0 aliphatic carbocycles. The minimum absolute atomic E-state index is 0.0824. The van der Waals surface area contributed by atoms with Crippen molar-refractivity contribution in [3.05, 3.63) is 65.8 Å². The SMILES string of the molecule is O=C(CN(c1ccc(F)cc1)S(=O)(=O)c1cccs1)Nc1ccc2c(c1)OCCO2. The van der Waals surface area contributed by atoms with Crippen LogP contribution in [0.5, 0.6) is 11.5 Å². The fourth-order valence-electron chi connectivity index (χ4n) is 2.89. The molecule has 7 nitrogen and oxygen atoms in total. The summed E-state index contributed by atoms with van der Waals surface area (Å²) in [6.45, 7) is 0.369. The Hall–Kier alpha value is -3.11. The molecule has 0 saturated carbocycles. The van der Waals surface area contributed by atoms with Crippen molar-refractivity contribution in [1.82, 2.24) is 0 Å². The van der Waals surface area contributed by atoms with Crippen molar-refractivity contribution < 1.29 is 27.1 Å². The molecule has 156 valence electrons. The van der Waals surface area contributed by atoms with Gasteiger partial charge in [-0.25, -0.2) is 12.8 Å². The molecule has 2 aromatic carbocycles. The second-order valence-electron chi connectivity index (χ2n) is 6.33. The number of ether oxygens (including phenoxy) is 2. The van der Waals surface area contributed by atoms with Gasteiger partial charge in [0.15, 0.2) is 11.5 Å². The summed E-state index contributed by atoms with van der Waals surface area (Å²) in [4.78, 5) is 12.7. The van der Waals surface area contributed by atoms with Crippen molar-refractivity contribution in [3.63, 3.8) is 0 Å². The molecule has 0 atom stereocenters. The molecule has 1 aromatic heterocycles. The Balaban J connectivity index is 1.58. The van der Waals surface area contributed by atoms with Crippen molar-refractivity contribution in [3.8, 4) is 11.5 Å². The van der Waals surface area contributed by atoms with Crippen LogP contribution in [0.2, 0.25) is 0 Å². The van der Waals surface area contributed by atoms with Crippen molar-refractivity contribution in [2.45, 2.75) is 4.21 Å². The number of fused-ring (bicyclic) bond motifs is 1. The molecule has 4 rings (SSSR count). The maximum absolute atomic E-state index is 13.3. The van der Waals surface area contributed by atoms with Crippen LogP contribution in [0.15, 0.2) is 64.2 Å². The van der Waals surface area contributed by atoms with E-state index in [1.807, 2.05) is 0 Å². The van der Waals surface area contributed by atoms with Crippen molar-refractivity contribution in [2.75, 3.05) is 29.4 Å². The Bertz CT molecular complexity index is 1150. The molecule has 0 bridgehead atoms. The van der Waals surface area contributed by atoms with E-state index in [1.165, 1.54) is 18.2 Å². The van der Waals surface area contributed by atoms with Crippen LogP contribution in [0, 0.1) is 5.82 Å². The molecular weight excluding hydrogens is 431 g/mol. The van der Waals surface area contributed by atoms with E-state index >= 15 is 0 Å². The van der Waals surface area contributed by atoms with Crippen LogP contribution in [0.25, 0.3) is 0 Å². The van der Waals surface area contributed by atoms with Gasteiger partial charge in [-0.05, 0) is 47.8 Å². The first kappa shape index (κ1) is 20.2. The summed E-state index contributed by atoms with van der Waals surface area (Å²) in [6, 6.07) is 12.9. The van der Waals surface area contributed by atoms with Gasteiger partial charge in [-0.2, -0.15) is 0 Å². The normalized spacial score (nSPS) is 13.0. The number of benzene rings is 2. The number of halogens is 1. The van der Waals surface area contributed by atoms with Crippen LogP contribution in [0.1, 0.15) is 0 Å². The van der Waals surface area contributed by atoms with Gasteiger partial charge in [0.25, 0.3) is 10.0 Å². The predicted octanol–water partition coefficient (Wildman–Crippen LogP) is 3.49. The smallest absolute Gasteiger partial charge is 0.274 e. The number of rotatable bonds is 6. The van der Waals surface area contributed by atoms with Gasteiger partial charge in [-0.1, -0.05) is 6.07 Å². The topological polar surface area (TPSA) is 84.9 Å². The highest BCUT2D eigenvalue weighted by molar-refractivity contribution is 7.94. The summed E-state index contributed by atoms with van der Waals surface area (Å²) in [5, 5.41) is 4.30. The zero-order valence-corrected chi connectivity index (χ0v) is 17.2. The van der Waals surface area contributed by atoms with E-state index in [1.54, 1.807) is 29.6 Å². The standard InChI is InChI=1S/C20H17FN2O5S2/c21-14-3-6-16(7-4-14)23(30(25,26)20-2-1-11-29-20)13-19(24)22-15-5-8-17-18(12-15)28-10-9-27-17/h1-8,11-12H,9-10,13H2,(H,22,24). The second kappa shape index (κ2) is 8.33. The second-order valence-corrected chi connectivity index (χ2v) is 9.36. The number of hydrogen-bond donors (Lipinski definition) is 1. The van der Waals surface area contributed by atoms with Gasteiger partial charge in [0, 0.05) is 11.8 Å². The average Bonchev–Trinajstić information content (AvgIpc) is 3.28. The lowest BCUT2D eigenvalue weighted by molar-refractivity contribution is -0.114. The summed E-state index contributed by atoms with van der Waals surface area (Å²) in [5.41, 5.74) is 0.624. The number of thiophene rings is 1. The van der Waals surface area contributed by atoms with Gasteiger partial charge in [-0.15, -0.1) is 11.3 Å². The van der Waals surface area contributed by atoms with E-state index in [2.05, 4.69) is 5.32 Å². The zero-order chi connectivity index (χ0) is 21.1. The van der Waals surface area contributed by atoms with Crippen LogP contribution in [0.4, 0.5) is 15.8 Å². The summed E-state index contributed by atoms with van der Waals surface area (Å²) in [6.07, 6.45) is 0. The fourth-order valence-corrected chi connectivity index (χ4v) is 5.42. The Morgan fingerprint density at radius 2 is 1.80 bits per heavy atom. The zero-order valence-electron chi connectivity index (χ0n) is 15.6. The van der Waals surface area contributed by atoms with Gasteiger partial charge in [0.1, 0.15) is 29.8 Å². The van der Waals surface area contributed by atoms with E-state index in [9.17, 15) is 17.6 Å². The van der Waals surface area contributed by atoms with E-state index in [0.29, 0.717) is 30.4 Å². The maximum Gasteiger partial charge on any atom is 0.274 e. The molecule has 3 aromatic rings. The quantitative estimate of drug-likeness (QED) is 0.624. The lowest BCUT2D eigenvalue weighted by Crippen LogP contribution is -2.37. The van der Waals surface area contributed by atoms with Crippen molar-refractivity contribution >= 4 is 38.6 Å². The van der Waals surface area contributed by atoms with Crippen molar-refractivity contribution in [1.29, 1.82) is 0 Å². The third kappa shape index (κ3) is 4.24. The highest BCUT2D eigenvalue weighted by atomic mass is 32.2. The van der Waals surface area contributed by atoms with E-state index in [0.717, 1.165) is 27.8 Å². The predicted molar refractivity (Wildman–Crippen MR) is 111 cm³/mol. The van der Waals surface area contributed by atoms with Gasteiger partial charge in [-0.3, -0.25) is 9.10 Å². The number of nitrogens with one attached hydrogen (secondary N) is 1. The monoisotopic (exact) mass is 448 g/mol. The Kier molecular flexibility index (Phi) is 5.60. The molecule has 30 heavy (non-hydrogen) atoms. The number of hydrogen-bond acceptors (Lipinski definition) is 6. The maximum atomic E-state index is 13.3. The van der Waals surface area contributed by atoms with Crippen LogP contribution >= 0.6 is 11.3 Å². The minimum atomic E-state index is -4.00. The summed E-state index contributed by atoms with van der Waals surface area (Å²) in [7, 11) is -4.00. The Morgan fingerprint density at radius 3 is 2.50 bits per heavy atom. The molecule has 1 aliphatic rings. The van der Waals surface area contributed by atoms with Crippen LogP contribution in [-0.2, 0) is 14.8 Å². The first-order valence-electron chi connectivity index (χ1n) is 8.95. The molecule has 0 spiro atoms. The largest absolute Gasteiger partial charge is 0.486 e. The first-order chi connectivity index (χ1) is 14.4. The minimum Gasteiger partial charge on any atom is -0.486 e. The van der Waals surface area contributed by atoms with E-state index in [4.69, 9.17) is 9.47 Å². The molecule has 1 amide bonds. The van der Waals surface area contributed by atoms with E-state index < -0.39 is 28.3 Å². The first-order valence-corrected chi connectivity index (χ1v) is 11.3. The summed E-state index contributed by atoms with van der Waals surface area (Å²) >= 11 is 1.04. The highest BCUT2D eigenvalue weighted by Gasteiger charge is 2.28. The molecule has 10 heteroatoms. The molecule has 0 saturated heterocycles. The number of carbonyl (C=O) groups is 1. The van der Waals surface area contributed by atoms with Crippen molar-refractivity contribution in [2.24, 2.45) is 0 Å². The average molecular weight is 448 g/mol. The fraction of sp³-hybridized carbons (Fsp3) is 0.150. The van der Waals surface area contributed by atoms with Crippen LogP contribution < -0.4 is 19.1 Å². The molecule has 0 fully saturated rings. The molecule has 1 N–H and O–H groups in total. The van der Waals surface area contributed by atoms with Gasteiger partial charge < -0.3 is 14.8 Å². The van der Waals surface area contributed by atoms with Gasteiger partial charge in [0.2, 0.25) is 5.91 Å². The van der Waals surface area contributed by atoms with Gasteiger partial charge >= 0.3 is 0 Å². The number of anilines is 2. The number of carbonyl (C=O) groups excluding carboxylic acids is 1. The van der Waals surface area contributed by atoms with Gasteiger partial charge in [0.05, 0.1) is 5.69 Å². The number of nitrogens with zero attached hydrogens (tertiary/aromatic N) is 1. The number of amides is 1. The molecular formula is C20H17FN2O5S2. The highest BCUT2D eigenvalue weighted by Crippen LogP contribution is 2.33. The summed E-state index contributed by atoms with van der Waals surface area (Å²) in [5.74, 6) is 0.0113. The Morgan fingerprint density at radius 1 is 1.07 bits per heavy atom. The van der Waals surface area contributed by atoms with Crippen LogP contribution in [0.3, 0.4) is 0 Å². The van der Waals surface area contributed by atoms with Crippen LogP contribution in [-0.4, -0.2) is 34.1 Å². The third-order valence-electron chi connectivity index (χ3n) is 4.27. The Labute approximate surface area is 176 Å².